The lowest BCUT2D eigenvalue weighted by molar-refractivity contribution is 0.0876. The first-order valence-corrected chi connectivity index (χ1v) is 7.18. The summed E-state index contributed by atoms with van der Waals surface area (Å²) in [6.07, 6.45) is 4.90. The third-order valence-corrected chi connectivity index (χ3v) is 5.07. The number of hydrogen-bond acceptors (Lipinski definition) is 1. The van der Waals surface area contributed by atoms with Gasteiger partial charge in [0.2, 0.25) is 0 Å². The number of aromatic nitrogens is 1. The molecule has 3 heteroatoms. The first-order valence-electron chi connectivity index (χ1n) is 6.81. The molecule has 0 saturated carbocycles. The summed E-state index contributed by atoms with van der Waals surface area (Å²) in [7, 11) is 0. The highest BCUT2D eigenvalue weighted by atomic mass is 35.5. The van der Waals surface area contributed by atoms with Gasteiger partial charge in [0, 0.05) is 24.0 Å². The molecule has 3 aliphatic heterocycles. The largest absolute Gasteiger partial charge is 0.360 e. The minimum atomic E-state index is 0.694. The van der Waals surface area contributed by atoms with E-state index < -0.39 is 0 Å². The zero-order valence-corrected chi connectivity index (χ0v) is 11.1. The Bertz CT molecular complexity index is 581. The molecule has 3 aliphatic rings. The highest BCUT2D eigenvalue weighted by molar-refractivity contribution is 6.35. The Morgan fingerprint density at radius 3 is 2.78 bits per heavy atom. The fourth-order valence-corrected chi connectivity index (χ4v) is 3.99. The number of hydrogen-bond donors (Lipinski definition) is 1. The summed E-state index contributed by atoms with van der Waals surface area (Å²) < 4.78 is 0. The number of piperidine rings is 3. The van der Waals surface area contributed by atoms with Gasteiger partial charge in [0.15, 0.2) is 0 Å². The van der Waals surface area contributed by atoms with Crippen LogP contribution in [0.3, 0.4) is 0 Å². The predicted molar refractivity (Wildman–Crippen MR) is 75.2 cm³/mol. The van der Waals surface area contributed by atoms with Crippen LogP contribution in [-0.2, 0) is 0 Å². The van der Waals surface area contributed by atoms with Crippen LogP contribution in [0.15, 0.2) is 24.4 Å². The van der Waals surface area contributed by atoms with Gasteiger partial charge < -0.3 is 9.88 Å². The number of H-pyrrole nitrogens is 1. The van der Waals surface area contributed by atoms with Crippen LogP contribution >= 0.6 is 11.6 Å². The third-order valence-electron chi connectivity index (χ3n) is 4.75. The van der Waals surface area contributed by atoms with E-state index in [4.69, 9.17) is 11.6 Å². The lowest BCUT2D eigenvalue weighted by atomic mass is 9.75. The molecule has 1 aromatic carbocycles. The molecular formula is C15H17ClN2. The van der Waals surface area contributed by atoms with Crippen molar-refractivity contribution < 1.29 is 0 Å². The number of rotatable bonds is 1. The van der Waals surface area contributed by atoms with Crippen LogP contribution < -0.4 is 0 Å². The second-order valence-electron chi connectivity index (χ2n) is 5.65. The third kappa shape index (κ3) is 1.52. The Hall–Kier alpha value is -0.990. The van der Waals surface area contributed by atoms with E-state index in [1.54, 1.807) is 0 Å². The monoisotopic (exact) mass is 260 g/mol. The van der Waals surface area contributed by atoms with Crippen LogP contribution in [-0.4, -0.2) is 29.5 Å². The summed E-state index contributed by atoms with van der Waals surface area (Å²) in [6, 6.07) is 6.22. The fourth-order valence-electron chi connectivity index (χ4n) is 3.76. The van der Waals surface area contributed by atoms with Crippen molar-refractivity contribution in [2.45, 2.75) is 18.8 Å². The Labute approximate surface area is 112 Å². The molecule has 5 rings (SSSR count). The van der Waals surface area contributed by atoms with Crippen LogP contribution in [0.2, 0.25) is 5.02 Å². The molecule has 1 atom stereocenters. The second-order valence-corrected chi connectivity index (χ2v) is 6.06. The molecule has 2 aromatic rings. The van der Waals surface area contributed by atoms with Gasteiger partial charge in [-0.15, -0.1) is 0 Å². The predicted octanol–water partition coefficient (Wildman–Crippen LogP) is 3.63. The van der Waals surface area contributed by atoms with E-state index in [0.717, 1.165) is 16.5 Å². The maximum absolute atomic E-state index is 6.25. The van der Waals surface area contributed by atoms with Gasteiger partial charge in [-0.2, -0.15) is 0 Å². The fraction of sp³-hybridized carbons (Fsp3) is 0.467. The van der Waals surface area contributed by atoms with Crippen molar-refractivity contribution in [1.29, 1.82) is 0 Å². The van der Waals surface area contributed by atoms with E-state index in [-0.39, 0.29) is 0 Å². The molecule has 18 heavy (non-hydrogen) atoms. The van der Waals surface area contributed by atoms with Crippen LogP contribution in [0.5, 0.6) is 0 Å². The van der Waals surface area contributed by atoms with Gasteiger partial charge in [0.25, 0.3) is 0 Å². The quantitative estimate of drug-likeness (QED) is 0.830. The van der Waals surface area contributed by atoms with Gasteiger partial charge in [0.05, 0.1) is 10.5 Å². The molecule has 0 aliphatic carbocycles. The van der Waals surface area contributed by atoms with Gasteiger partial charge in [-0.05, 0) is 43.5 Å². The van der Waals surface area contributed by atoms with E-state index in [2.05, 4.69) is 28.2 Å². The summed E-state index contributed by atoms with van der Waals surface area (Å²) in [4.78, 5) is 5.97. The van der Waals surface area contributed by atoms with Crippen LogP contribution in [0.1, 0.15) is 24.3 Å². The van der Waals surface area contributed by atoms with Crippen molar-refractivity contribution in [2.75, 3.05) is 19.6 Å². The highest BCUT2D eigenvalue weighted by Crippen LogP contribution is 2.41. The smallest absolute Gasteiger partial charge is 0.0647 e. The van der Waals surface area contributed by atoms with Crippen molar-refractivity contribution in [2.24, 2.45) is 5.92 Å². The van der Waals surface area contributed by atoms with Gasteiger partial charge in [-0.3, -0.25) is 0 Å². The molecule has 0 spiro atoms. The van der Waals surface area contributed by atoms with Crippen LogP contribution in [0.25, 0.3) is 10.9 Å². The molecule has 3 fully saturated rings. The number of halogens is 1. The number of fused-ring (bicyclic) bond motifs is 4. The van der Waals surface area contributed by atoms with E-state index in [0.29, 0.717) is 5.92 Å². The molecule has 2 bridgehead atoms. The summed E-state index contributed by atoms with van der Waals surface area (Å²) in [5.41, 5.74) is 2.58. The number of nitrogens with zero attached hydrogens (tertiary/aromatic N) is 1. The summed E-state index contributed by atoms with van der Waals surface area (Å²) in [5.74, 6) is 1.56. The minimum absolute atomic E-state index is 0.694. The van der Waals surface area contributed by atoms with E-state index >= 15 is 0 Å². The maximum Gasteiger partial charge on any atom is 0.0647 e. The maximum atomic E-state index is 6.25. The molecule has 0 radical (unpaired) electrons. The SMILES string of the molecule is Clc1cccc2c(C3CN4CCC3CC4)c[nH]c12. The minimum Gasteiger partial charge on any atom is -0.360 e. The van der Waals surface area contributed by atoms with Gasteiger partial charge >= 0.3 is 0 Å². The van der Waals surface area contributed by atoms with Crippen LogP contribution in [0.4, 0.5) is 0 Å². The first kappa shape index (κ1) is 10.9. The Morgan fingerprint density at radius 1 is 1.22 bits per heavy atom. The van der Waals surface area contributed by atoms with Gasteiger partial charge in [-0.1, -0.05) is 23.7 Å². The zero-order chi connectivity index (χ0) is 12.1. The Morgan fingerprint density at radius 2 is 2.06 bits per heavy atom. The van der Waals surface area contributed by atoms with Crippen molar-refractivity contribution in [3.05, 3.63) is 35.0 Å². The average Bonchev–Trinajstić information content (AvgIpc) is 2.85. The van der Waals surface area contributed by atoms with Crippen molar-refractivity contribution in [1.82, 2.24) is 9.88 Å². The number of para-hydroxylation sites is 1. The molecule has 0 amide bonds. The summed E-state index contributed by atoms with van der Waals surface area (Å²) >= 11 is 6.25. The lowest BCUT2D eigenvalue weighted by Gasteiger charge is -2.44. The molecule has 1 N–H and O–H groups in total. The topological polar surface area (TPSA) is 19.0 Å². The molecule has 1 aromatic heterocycles. The Kier molecular flexibility index (Phi) is 2.42. The Balaban J connectivity index is 1.81. The van der Waals surface area contributed by atoms with Crippen molar-refractivity contribution >= 4 is 22.5 Å². The standard InChI is InChI=1S/C15H17ClN2/c16-14-3-1-2-11-12(8-17-15(11)14)13-9-18-6-4-10(13)5-7-18/h1-3,8,10,13,17H,4-7,9H2. The second kappa shape index (κ2) is 4.01. The average molecular weight is 261 g/mol. The van der Waals surface area contributed by atoms with Gasteiger partial charge in [0.1, 0.15) is 0 Å². The van der Waals surface area contributed by atoms with E-state index in [1.807, 2.05) is 6.07 Å². The normalized spacial score (nSPS) is 31.1. The number of nitrogens with one attached hydrogen (secondary N) is 1. The molecule has 3 saturated heterocycles. The summed E-state index contributed by atoms with van der Waals surface area (Å²) in [5, 5.41) is 2.15. The molecular weight excluding hydrogens is 244 g/mol. The molecule has 1 unspecified atom stereocenters. The lowest BCUT2D eigenvalue weighted by Crippen LogP contribution is -2.46. The molecule has 94 valence electrons. The van der Waals surface area contributed by atoms with E-state index in [1.165, 1.54) is 43.4 Å². The van der Waals surface area contributed by atoms with E-state index in [9.17, 15) is 0 Å². The zero-order valence-electron chi connectivity index (χ0n) is 10.3. The first-order chi connectivity index (χ1) is 8.83. The molecule has 2 nitrogen and oxygen atoms in total. The number of aromatic amines is 1. The molecule has 4 heterocycles. The van der Waals surface area contributed by atoms with Gasteiger partial charge in [-0.25, -0.2) is 0 Å². The van der Waals surface area contributed by atoms with Crippen molar-refractivity contribution in [3.63, 3.8) is 0 Å². The van der Waals surface area contributed by atoms with Crippen molar-refractivity contribution in [3.8, 4) is 0 Å². The highest BCUT2D eigenvalue weighted by Gasteiger charge is 2.35. The number of benzene rings is 1. The summed E-state index contributed by atoms with van der Waals surface area (Å²) in [6.45, 7) is 3.82. The van der Waals surface area contributed by atoms with Crippen LogP contribution in [0, 0.1) is 5.92 Å².